The smallest absolute Gasteiger partial charge is 0.264 e. The summed E-state index contributed by atoms with van der Waals surface area (Å²) in [6, 6.07) is 0.765. The number of carboxylic acid groups (broad SMARTS) is 1. The summed E-state index contributed by atoms with van der Waals surface area (Å²) in [6.07, 6.45) is 15.0. The van der Waals surface area contributed by atoms with Crippen molar-refractivity contribution in [2.45, 2.75) is 76.3 Å². The molecule has 1 amide bonds. The Hall–Kier alpha value is -1.03. The zero-order valence-electron chi connectivity index (χ0n) is 12.3. The highest BCUT2D eigenvalue weighted by Crippen LogP contribution is 2.34. The van der Waals surface area contributed by atoms with E-state index in [1.165, 1.54) is 38.5 Å². The summed E-state index contributed by atoms with van der Waals surface area (Å²) in [5.74, 6) is 0. The molecule has 3 aliphatic rings. The average Bonchev–Trinajstić information content (AvgIpc) is 2.96. The summed E-state index contributed by atoms with van der Waals surface area (Å²) in [4.78, 5) is 14.1. The molecule has 4 nitrogen and oxygen atoms in total. The lowest BCUT2D eigenvalue weighted by Gasteiger charge is -2.42. The van der Waals surface area contributed by atoms with Gasteiger partial charge in [-0.25, -0.2) is 4.48 Å². The van der Waals surface area contributed by atoms with Crippen molar-refractivity contribution in [2.24, 2.45) is 0 Å². The molecule has 1 unspecified atom stereocenters. The fourth-order valence-electron chi connectivity index (χ4n) is 4.27. The Bertz CT molecular complexity index is 384. The number of quaternary nitrogens is 1. The molecule has 20 heavy (non-hydrogen) atoms. The van der Waals surface area contributed by atoms with Gasteiger partial charge < -0.3 is 14.8 Å². The van der Waals surface area contributed by atoms with Gasteiger partial charge >= 0.3 is 0 Å². The molecule has 4 heteroatoms. The van der Waals surface area contributed by atoms with Gasteiger partial charge in [-0.15, -0.1) is 0 Å². The minimum atomic E-state index is -0.911. The second-order valence-electron chi connectivity index (χ2n) is 6.73. The van der Waals surface area contributed by atoms with Crippen LogP contribution in [0.15, 0.2) is 12.4 Å². The van der Waals surface area contributed by atoms with E-state index in [9.17, 15) is 9.90 Å². The molecule has 0 aromatic rings. The summed E-state index contributed by atoms with van der Waals surface area (Å²) < 4.78 is 0.0521. The van der Waals surface area contributed by atoms with Crippen molar-refractivity contribution >= 4 is 6.09 Å². The Morgan fingerprint density at radius 1 is 1.00 bits per heavy atom. The largest absolute Gasteiger partial charge is 0.498 e. The molecule has 0 N–H and O–H groups in total. The first kappa shape index (κ1) is 13.9. The highest BCUT2D eigenvalue weighted by Gasteiger charge is 2.44. The molecule has 0 spiro atoms. The van der Waals surface area contributed by atoms with Crippen LogP contribution in [0, 0.1) is 0 Å². The molecule has 0 saturated heterocycles. The van der Waals surface area contributed by atoms with E-state index in [-0.39, 0.29) is 10.5 Å². The van der Waals surface area contributed by atoms with Gasteiger partial charge in [0.2, 0.25) is 0 Å². The average molecular weight is 278 g/mol. The Morgan fingerprint density at radius 2 is 1.60 bits per heavy atom. The van der Waals surface area contributed by atoms with Crippen molar-refractivity contribution in [3.05, 3.63) is 12.4 Å². The fourth-order valence-corrected chi connectivity index (χ4v) is 4.27. The molecular weight excluding hydrogens is 252 g/mol. The molecule has 112 valence electrons. The maximum absolute atomic E-state index is 11.8. The molecule has 2 aliphatic carbocycles. The monoisotopic (exact) mass is 278 g/mol. The lowest BCUT2D eigenvalue weighted by Crippen LogP contribution is -2.62. The van der Waals surface area contributed by atoms with Crippen molar-refractivity contribution in [1.82, 2.24) is 4.90 Å². The number of hydrogen-bond donors (Lipinski definition) is 0. The number of nitrogens with zero attached hydrogens (tertiary/aromatic N) is 2. The zero-order valence-corrected chi connectivity index (χ0v) is 12.3. The van der Waals surface area contributed by atoms with E-state index in [1.807, 2.05) is 12.4 Å². The van der Waals surface area contributed by atoms with Gasteiger partial charge in [0, 0.05) is 18.9 Å². The molecule has 0 radical (unpaired) electrons. The summed E-state index contributed by atoms with van der Waals surface area (Å²) >= 11 is 0. The summed E-state index contributed by atoms with van der Waals surface area (Å²) in [7, 11) is 0. The molecule has 0 aromatic carbocycles. The Morgan fingerprint density at radius 3 is 2.20 bits per heavy atom. The molecular formula is C16H26N2O2. The van der Waals surface area contributed by atoms with Crippen molar-refractivity contribution < 1.29 is 14.4 Å². The zero-order chi connectivity index (χ0) is 14.0. The van der Waals surface area contributed by atoms with Crippen molar-refractivity contribution in [3.8, 4) is 0 Å². The highest BCUT2D eigenvalue weighted by molar-refractivity contribution is 5.55. The minimum absolute atomic E-state index is 0.0521. The third-order valence-corrected chi connectivity index (χ3v) is 5.53. The quantitative estimate of drug-likeness (QED) is 0.729. The van der Waals surface area contributed by atoms with Crippen LogP contribution >= 0.6 is 0 Å². The van der Waals surface area contributed by atoms with E-state index in [2.05, 4.69) is 4.90 Å². The van der Waals surface area contributed by atoms with Crippen LogP contribution in [0.1, 0.15) is 64.2 Å². The predicted molar refractivity (Wildman–Crippen MR) is 75.2 cm³/mol. The maximum Gasteiger partial charge on any atom is 0.264 e. The van der Waals surface area contributed by atoms with E-state index in [1.54, 1.807) is 0 Å². The number of carbonyl (C=O) groups is 1. The normalized spacial score (nSPS) is 32.7. The Balaban J connectivity index is 1.73. The number of hydrogen-bond acceptors (Lipinski definition) is 3. The molecule has 0 aromatic heterocycles. The van der Waals surface area contributed by atoms with Gasteiger partial charge in [-0.05, 0) is 25.7 Å². The van der Waals surface area contributed by atoms with E-state index in [4.69, 9.17) is 0 Å². The van der Waals surface area contributed by atoms with Gasteiger partial charge in [0.1, 0.15) is 12.2 Å². The van der Waals surface area contributed by atoms with Crippen LogP contribution < -0.4 is 5.11 Å². The second-order valence-corrected chi connectivity index (χ2v) is 6.73. The lowest BCUT2D eigenvalue weighted by atomic mass is 9.93. The van der Waals surface area contributed by atoms with Crippen LogP contribution in [0.4, 0.5) is 4.79 Å². The van der Waals surface area contributed by atoms with Crippen LogP contribution in [0.5, 0.6) is 0 Å². The fraction of sp³-hybridized carbons (Fsp3) is 0.812. The van der Waals surface area contributed by atoms with Gasteiger partial charge in [0.15, 0.2) is 6.67 Å². The third-order valence-electron chi connectivity index (χ3n) is 5.53. The second kappa shape index (κ2) is 5.76. The lowest BCUT2D eigenvalue weighted by molar-refractivity contribution is -0.856. The molecule has 1 aliphatic heterocycles. The van der Waals surface area contributed by atoms with Gasteiger partial charge in [-0.1, -0.05) is 25.7 Å². The van der Waals surface area contributed by atoms with E-state index >= 15 is 0 Å². The highest BCUT2D eigenvalue weighted by atomic mass is 16.4. The van der Waals surface area contributed by atoms with Crippen molar-refractivity contribution in [3.63, 3.8) is 0 Å². The standard InChI is InChI=1S/C16H26N2O2/c19-16(20)18(15-9-5-2-6-10-15)12-11-17(13-18)14-7-3-1-4-8-14/h11-12,14-15H,1-10,13H2. The Kier molecular flexibility index (Phi) is 4.01. The minimum Gasteiger partial charge on any atom is -0.498 e. The predicted octanol–water partition coefficient (Wildman–Crippen LogP) is 2.56. The maximum atomic E-state index is 11.8. The number of amides is 1. The van der Waals surface area contributed by atoms with E-state index in [0.29, 0.717) is 12.7 Å². The van der Waals surface area contributed by atoms with Crippen LogP contribution in [-0.2, 0) is 0 Å². The molecule has 0 bridgehead atoms. The van der Waals surface area contributed by atoms with Crippen molar-refractivity contribution in [1.29, 1.82) is 0 Å². The molecule has 1 heterocycles. The summed E-state index contributed by atoms with van der Waals surface area (Å²) in [5.41, 5.74) is 0. The first-order valence-corrected chi connectivity index (χ1v) is 8.26. The van der Waals surface area contributed by atoms with Crippen LogP contribution in [0.3, 0.4) is 0 Å². The van der Waals surface area contributed by atoms with Crippen LogP contribution in [0.25, 0.3) is 0 Å². The molecule has 1 atom stereocenters. The van der Waals surface area contributed by atoms with E-state index in [0.717, 1.165) is 25.7 Å². The van der Waals surface area contributed by atoms with Crippen LogP contribution in [0.2, 0.25) is 0 Å². The van der Waals surface area contributed by atoms with Gasteiger partial charge in [0.05, 0.1) is 6.20 Å². The van der Waals surface area contributed by atoms with Gasteiger partial charge in [-0.3, -0.25) is 0 Å². The summed E-state index contributed by atoms with van der Waals surface area (Å²) in [6.45, 7) is 0.595. The van der Waals surface area contributed by atoms with E-state index < -0.39 is 6.09 Å². The topological polar surface area (TPSA) is 43.4 Å². The van der Waals surface area contributed by atoms with Gasteiger partial charge in [-0.2, -0.15) is 0 Å². The molecule has 2 fully saturated rings. The summed E-state index contributed by atoms with van der Waals surface area (Å²) in [5, 5.41) is 11.8. The first-order valence-electron chi connectivity index (χ1n) is 8.26. The third kappa shape index (κ3) is 2.46. The molecule has 2 saturated carbocycles. The Labute approximate surface area is 121 Å². The van der Waals surface area contributed by atoms with Gasteiger partial charge in [0.25, 0.3) is 6.09 Å². The van der Waals surface area contributed by atoms with Crippen LogP contribution in [-0.4, -0.2) is 34.2 Å². The first-order chi connectivity index (χ1) is 9.72. The number of carbonyl (C=O) groups excluding carboxylic acids is 1. The molecule has 3 rings (SSSR count). The SMILES string of the molecule is O=C([O-])[N+]1(C2CCCCC2)C=CN(C2CCCCC2)C1. The number of rotatable bonds is 2. The van der Waals surface area contributed by atoms with Crippen molar-refractivity contribution in [2.75, 3.05) is 6.67 Å².